The van der Waals surface area contributed by atoms with E-state index in [9.17, 15) is 44.1 Å². The first-order valence-electron chi connectivity index (χ1n) is 10.8. The van der Waals surface area contributed by atoms with Crippen molar-refractivity contribution < 1.29 is 59.0 Å². The maximum Gasteiger partial charge on any atom is 0.367 e. The molecule has 0 spiro atoms. The lowest BCUT2D eigenvalue weighted by Gasteiger charge is -2.23. The van der Waals surface area contributed by atoms with Crippen molar-refractivity contribution in [2.75, 3.05) is 39.6 Å². The van der Waals surface area contributed by atoms with Gasteiger partial charge in [-0.1, -0.05) is 18.2 Å². The largest absolute Gasteiger partial charge is 0.394 e. The molecule has 18 nitrogen and oxygen atoms in total. The van der Waals surface area contributed by atoms with Crippen LogP contribution >= 0.6 is 0 Å². The molecule has 3 N–H and O–H groups in total. The van der Waals surface area contributed by atoms with Crippen molar-refractivity contribution in [3.8, 4) is 0 Å². The number of hydrogen-bond acceptors (Lipinski definition) is 15. The molecule has 0 saturated heterocycles. The Bertz CT molecular complexity index is 1040. The van der Waals surface area contributed by atoms with E-state index in [0.717, 1.165) is 0 Å². The normalized spacial score (nSPS) is 13.0. The number of aliphatic hydroxyl groups is 3. The predicted octanol–water partition coefficient (Wildman–Crippen LogP) is -3.25. The number of nitrogens with zero attached hydrogens (tertiary/aromatic N) is 3. The van der Waals surface area contributed by atoms with Crippen LogP contribution in [0.25, 0.3) is 0 Å². The Morgan fingerprint density at radius 2 is 0.821 bits per heavy atom. The monoisotopic (exact) mass is 561 g/mol. The number of carbonyl (C=O) groups is 3. The van der Waals surface area contributed by atoms with E-state index in [-0.39, 0.29) is 33.5 Å². The Morgan fingerprint density at radius 3 is 1.00 bits per heavy atom. The van der Waals surface area contributed by atoms with Gasteiger partial charge in [0.2, 0.25) is 0 Å². The molecule has 0 saturated carbocycles. The van der Waals surface area contributed by atoms with Crippen molar-refractivity contribution in [2.24, 2.45) is 0 Å². The van der Waals surface area contributed by atoms with Crippen LogP contribution in [0.2, 0.25) is 0 Å². The second kappa shape index (κ2) is 16.6. The number of rotatable bonds is 18. The van der Waals surface area contributed by atoms with Gasteiger partial charge in [-0.05, 0) is 0 Å². The predicted molar refractivity (Wildman–Crippen MR) is 124 cm³/mol. The summed E-state index contributed by atoms with van der Waals surface area (Å²) in [4.78, 5) is 104. The SMILES string of the molecule is C=CCOOC(=O)C(CO)n1c(=O)n(C(CO)C(=O)OOCC=C)c(=O)n(C(CO)C(=O)OOCC=C)c1=O. The molecule has 1 heterocycles. The summed E-state index contributed by atoms with van der Waals surface area (Å²) < 4.78 is -0.244. The minimum Gasteiger partial charge on any atom is -0.394 e. The van der Waals surface area contributed by atoms with Gasteiger partial charge in [-0.25, -0.2) is 42.5 Å². The van der Waals surface area contributed by atoms with Crippen molar-refractivity contribution in [1.82, 2.24) is 13.7 Å². The fourth-order valence-corrected chi connectivity index (χ4v) is 2.77. The third-order valence-electron chi connectivity index (χ3n) is 4.49. The van der Waals surface area contributed by atoms with Crippen LogP contribution in [0.5, 0.6) is 0 Å². The van der Waals surface area contributed by atoms with Crippen LogP contribution < -0.4 is 17.1 Å². The molecule has 216 valence electrons. The molecule has 1 rings (SSSR count). The van der Waals surface area contributed by atoms with Gasteiger partial charge in [0.15, 0.2) is 18.1 Å². The highest BCUT2D eigenvalue weighted by Gasteiger charge is 2.37. The van der Waals surface area contributed by atoms with E-state index in [4.69, 9.17) is 0 Å². The first kappa shape index (κ1) is 32.8. The summed E-state index contributed by atoms with van der Waals surface area (Å²) in [7, 11) is 0. The summed E-state index contributed by atoms with van der Waals surface area (Å²) in [6, 6.07) is -6.69. The van der Waals surface area contributed by atoms with E-state index >= 15 is 0 Å². The zero-order valence-electron chi connectivity index (χ0n) is 20.4. The first-order chi connectivity index (χ1) is 18.7. The Hall–Kier alpha value is -4.20. The average molecular weight is 561 g/mol. The molecular formula is C21H27N3O15. The van der Waals surface area contributed by atoms with Crippen molar-refractivity contribution >= 4 is 17.9 Å². The second-order valence-corrected chi connectivity index (χ2v) is 6.98. The average Bonchev–Trinajstić information content (AvgIpc) is 2.91. The first-order valence-corrected chi connectivity index (χ1v) is 10.8. The molecule has 0 aromatic carbocycles. The van der Waals surface area contributed by atoms with Gasteiger partial charge in [0, 0.05) is 0 Å². The fraction of sp³-hybridized carbons (Fsp3) is 0.429. The Morgan fingerprint density at radius 1 is 0.590 bits per heavy atom. The van der Waals surface area contributed by atoms with Gasteiger partial charge in [-0.3, -0.25) is 14.7 Å². The third kappa shape index (κ3) is 8.14. The lowest BCUT2D eigenvalue weighted by molar-refractivity contribution is -0.270. The molecule has 0 aliphatic rings. The second-order valence-electron chi connectivity index (χ2n) is 6.98. The summed E-state index contributed by atoms with van der Waals surface area (Å²) >= 11 is 0. The molecule has 3 unspecified atom stereocenters. The minimum absolute atomic E-state index is 0.0813. The van der Waals surface area contributed by atoms with Crippen molar-refractivity contribution in [1.29, 1.82) is 0 Å². The van der Waals surface area contributed by atoms with Crippen LogP contribution in [0.1, 0.15) is 18.1 Å². The highest BCUT2D eigenvalue weighted by molar-refractivity contribution is 5.75. The fourth-order valence-electron chi connectivity index (χ4n) is 2.77. The smallest absolute Gasteiger partial charge is 0.367 e. The Kier molecular flexibility index (Phi) is 14.0. The molecule has 18 heteroatoms. The topological polar surface area (TPSA) is 233 Å². The van der Waals surface area contributed by atoms with Gasteiger partial charge in [0.25, 0.3) is 0 Å². The summed E-state index contributed by atoms with van der Waals surface area (Å²) in [6.45, 7) is 4.98. The Balaban J connectivity index is 3.95. The van der Waals surface area contributed by atoms with Gasteiger partial charge in [0.05, 0.1) is 19.8 Å². The molecule has 3 atom stereocenters. The number of aromatic nitrogens is 3. The highest BCUT2D eigenvalue weighted by atomic mass is 17.2. The standard InChI is InChI=1S/C21H27N3O15/c1-4-7-34-37-16(28)13(10-25)22-19(31)23(14(11-26)17(29)38-35-8-5-2)21(33)24(20(22)32)15(12-27)18(30)39-36-9-6-3/h4-6,13-15,25-27H,1-3,7-12H2. The Labute approximate surface area is 218 Å². The molecule has 0 radical (unpaired) electrons. The van der Waals surface area contributed by atoms with Gasteiger partial charge >= 0.3 is 35.0 Å². The zero-order chi connectivity index (χ0) is 29.5. The van der Waals surface area contributed by atoms with Gasteiger partial charge < -0.3 is 15.3 Å². The van der Waals surface area contributed by atoms with Crippen LogP contribution in [0.15, 0.2) is 52.3 Å². The van der Waals surface area contributed by atoms with E-state index in [1.165, 1.54) is 18.2 Å². The molecular weight excluding hydrogens is 534 g/mol. The van der Waals surface area contributed by atoms with Gasteiger partial charge in [0.1, 0.15) is 19.8 Å². The molecule has 0 fully saturated rings. The van der Waals surface area contributed by atoms with E-state index in [2.05, 4.69) is 49.1 Å². The maximum absolute atomic E-state index is 13.3. The quantitative estimate of drug-likeness (QED) is 0.0691. The van der Waals surface area contributed by atoms with E-state index in [1.807, 2.05) is 0 Å². The molecule has 1 aromatic heterocycles. The van der Waals surface area contributed by atoms with Crippen molar-refractivity contribution in [3.63, 3.8) is 0 Å². The summed E-state index contributed by atoms with van der Waals surface area (Å²) in [5.74, 6) is -4.61. The summed E-state index contributed by atoms with van der Waals surface area (Å²) in [6.07, 6.45) is 3.50. The maximum atomic E-state index is 13.3. The van der Waals surface area contributed by atoms with Crippen LogP contribution in [-0.4, -0.2) is 86.6 Å². The third-order valence-corrected chi connectivity index (χ3v) is 4.49. The number of aliphatic hydroxyl groups excluding tert-OH is 3. The van der Waals surface area contributed by atoms with Crippen molar-refractivity contribution in [3.05, 3.63) is 69.4 Å². The molecule has 0 aliphatic carbocycles. The van der Waals surface area contributed by atoms with E-state index in [0.29, 0.717) is 0 Å². The molecule has 0 aliphatic heterocycles. The number of carbonyl (C=O) groups excluding carboxylic acids is 3. The molecule has 39 heavy (non-hydrogen) atoms. The van der Waals surface area contributed by atoms with Gasteiger partial charge in [-0.2, -0.15) is 14.7 Å². The minimum atomic E-state index is -2.23. The van der Waals surface area contributed by atoms with Crippen molar-refractivity contribution in [2.45, 2.75) is 18.1 Å². The molecule has 0 bridgehead atoms. The van der Waals surface area contributed by atoms with Crippen LogP contribution in [0.3, 0.4) is 0 Å². The summed E-state index contributed by atoms with van der Waals surface area (Å²) in [5.41, 5.74) is -5.23. The lowest BCUT2D eigenvalue weighted by Crippen LogP contribution is -2.60. The van der Waals surface area contributed by atoms with Crippen LogP contribution in [0, 0.1) is 0 Å². The van der Waals surface area contributed by atoms with Gasteiger partial charge in [-0.15, -0.1) is 19.7 Å². The van der Waals surface area contributed by atoms with Crippen LogP contribution in [-0.2, 0) is 43.7 Å². The highest BCUT2D eigenvalue weighted by Crippen LogP contribution is 2.09. The summed E-state index contributed by atoms with van der Waals surface area (Å²) in [5, 5.41) is 29.4. The zero-order valence-corrected chi connectivity index (χ0v) is 20.4. The lowest BCUT2D eigenvalue weighted by atomic mass is 10.3. The van der Waals surface area contributed by atoms with E-state index in [1.54, 1.807) is 0 Å². The van der Waals surface area contributed by atoms with E-state index < -0.39 is 72.9 Å². The number of hydrogen-bond donors (Lipinski definition) is 3. The molecule has 1 aromatic rings. The molecule has 0 amide bonds. The van der Waals surface area contributed by atoms with Crippen LogP contribution in [0.4, 0.5) is 0 Å².